The Hall–Kier alpha value is -2.53. The van der Waals surface area contributed by atoms with Crippen LogP contribution in [0.1, 0.15) is 15.9 Å². The van der Waals surface area contributed by atoms with Crippen LogP contribution < -0.4 is 10.1 Å². The fourth-order valence-electron chi connectivity index (χ4n) is 2.08. The monoisotopic (exact) mass is 360 g/mol. The summed E-state index contributed by atoms with van der Waals surface area (Å²) in [7, 11) is 1.67. The molecule has 0 saturated carbocycles. The minimum Gasteiger partial charge on any atom is -0.492 e. The lowest BCUT2D eigenvalue weighted by Gasteiger charge is -2.18. The SMILES string of the molecule is Cc1ccc(OCCN(C)C(=O)CNC(=O)c2cccc(Cl)c2)cc1. The first-order valence-corrected chi connectivity index (χ1v) is 8.30. The minimum atomic E-state index is -0.333. The van der Waals surface area contributed by atoms with Crippen molar-refractivity contribution in [2.75, 3.05) is 26.7 Å². The second kappa shape index (κ2) is 9.08. The molecule has 0 bridgehead atoms. The van der Waals surface area contributed by atoms with E-state index in [0.717, 1.165) is 11.3 Å². The maximum Gasteiger partial charge on any atom is 0.251 e. The lowest BCUT2D eigenvalue weighted by atomic mass is 10.2. The van der Waals surface area contributed by atoms with E-state index >= 15 is 0 Å². The standard InChI is InChI=1S/C19H21ClN2O3/c1-14-6-8-17(9-7-14)25-11-10-22(2)18(23)13-21-19(24)15-4-3-5-16(20)12-15/h3-9,12H,10-11,13H2,1-2H3,(H,21,24). The molecule has 0 aliphatic carbocycles. The Bertz CT molecular complexity index is 732. The molecule has 0 fully saturated rings. The van der Waals surface area contributed by atoms with Crippen molar-refractivity contribution in [3.63, 3.8) is 0 Å². The van der Waals surface area contributed by atoms with Crippen LogP contribution in [0.5, 0.6) is 5.75 Å². The molecule has 0 saturated heterocycles. The molecule has 0 radical (unpaired) electrons. The van der Waals surface area contributed by atoms with Gasteiger partial charge in [-0.25, -0.2) is 0 Å². The molecule has 2 aromatic carbocycles. The number of hydrogen-bond donors (Lipinski definition) is 1. The summed E-state index contributed by atoms with van der Waals surface area (Å²) in [5, 5.41) is 3.07. The molecular formula is C19H21ClN2O3. The highest BCUT2D eigenvalue weighted by molar-refractivity contribution is 6.30. The largest absolute Gasteiger partial charge is 0.492 e. The maximum atomic E-state index is 12.1. The zero-order valence-electron chi connectivity index (χ0n) is 14.3. The fourth-order valence-corrected chi connectivity index (χ4v) is 2.27. The van der Waals surface area contributed by atoms with Gasteiger partial charge in [0.05, 0.1) is 13.1 Å². The smallest absolute Gasteiger partial charge is 0.251 e. The van der Waals surface area contributed by atoms with E-state index in [0.29, 0.717) is 23.7 Å². The third-order valence-electron chi connectivity index (χ3n) is 3.63. The van der Waals surface area contributed by atoms with Crippen molar-refractivity contribution in [1.82, 2.24) is 10.2 Å². The molecule has 0 atom stereocenters. The first kappa shape index (κ1) is 18.8. The molecule has 0 unspecified atom stereocenters. The summed E-state index contributed by atoms with van der Waals surface area (Å²) in [6.45, 7) is 2.74. The molecular weight excluding hydrogens is 340 g/mol. The van der Waals surface area contributed by atoms with Crippen molar-refractivity contribution in [3.8, 4) is 5.75 Å². The second-order valence-corrected chi connectivity index (χ2v) is 6.11. The molecule has 6 heteroatoms. The Morgan fingerprint density at radius 1 is 1.16 bits per heavy atom. The molecule has 132 valence electrons. The summed E-state index contributed by atoms with van der Waals surface area (Å²) in [6, 6.07) is 14.3. The van der Waals surface area contributed by atoms with Crippen LogP contribution in [0.25, 0.3) is 0 Å². The number of benzene rings is 2. The number of likely N-dealkylation sites (N-methyl/N-ethyl adjacent to an activating group) is 1. The Labute approximate surface area is 152 Å². The number of nitrogens with zero attached hydrogens (tertiary/aromatic N) is 1. The van der Waals surface area contributed by atoms with Crippen LogP contribution in [0.3, 0.4) is 0 Å². The molecule has 25 heavy (non-hydrogen) atoms. The molecule has 0 spiro atoms. The van der Waals surface area contributed by atoms with E-state index in [9.17, 15) is 9.59 Å². The van der Waals surface area contributed by atoms with Gasteiger partial charge < -0.3 is 15.0 Å². The van der Waals surface area contributed by atoms with Gasteiger partial charge in [-0.2, -0.15) is 0 Å². The van der Waals surface area contributed by atoms with Crippen molar-refractivity contribution in [2.24, 2.45) is 0 Å². The van der Waals surface area contributed by atoms with Gasteiger partial charge in [0.2, 0.25) is 5.91 Å². The van der Waals surface area contributed by atoms with E-state index in [4.69, 9.17) is 16.3 Å². The number of rotatable bonds is 7. The molecule has 0 aliphatic heterocycles. The lowest BCUT2D eigenvalue weighted by Crippen LogP contribution is -2.39. The van der Waals surface area contributed by atoms with Gasteiger partial charge in [0, 0.05) is 17.6 Å². The highest BCUT2D eigenvalue weighted by atomic mass is 35.5. The highest BCUT2D eigenvalue weighted by Crippen LogP contribution is 2.11. The van der Waals surface area contributed by atoms with Crippen LogP contribution in [0.4, 0.5) is 0 Å². The van der Waals surface area contributed by atoms with Crippen LogP contribution in [-0.4, -0.2) is 43.5 Å². The number of amides is 2. The van der Waals surface area contributed by atoms with Gasteiger partial charge in [0.1, 0.15) is 12.4 Å². The van der Waals surface area contributed by atoms with Gasteiger partial charge in [-0.1, -0.05) is 35.4 Å². The molecule has 0 heterocycles. The summed E-state index contributed by atoms with van der Waals surface area (Å²) >= 11 is 5.85. The van der Waals surface area contributed by atoms with E-state index in [1.807, 2.05) is 31.2 Å². The summed E-state index contributed by atoms with van der Waals surface area (Å²) in [4.78, 5) is 25.6. The van der Waals surface area contributed by atoms with Crippen molar-refractivity contribution in [3.05, 3.63) is 64.7 Å². The fraction of sp³-hybridized carbons (Fsp3) is 0.263. The molecule has 5 nitrogen and oxygen atoms in total. The Balaban J connectivity index is 1.72. The first-order valence-electron chi connectivity index (χ1n) is 7.93. The lowest BCUT2D eigenvalue weighted by molar-refractivity contribution is -0.129. The zero-order valence-corrected chi connectivity index (χ0v) is 15.0. The van der Waals surface area contributed by atoms with Crippen LogP contribution in [-0.2, 0) is 4.79 Å². The van der Waals surface area contributed by atoms with E-state index in [1.165, 1.54) is 4.90 Å². The van der Waals surface area contributed by atoms with Gasteiger partial charge in [-0.05, 0) is 37.3 Å². The highest BCUT2D eigenvalue weighted by Gasteiger charge is 2.12. The molecule has 0 aromatic heterocycles. The normalized spacial score (nSPS) is 10.2. The van der Waals surface area contributed by atoms with Gasteiger partial charge in [0.25, 0.3) is 5.91 Å². The average Bonchev–Trinajstić information content (AvgIpc) is 2.61. The van der Waals surface area contributed by atoms with E-state index < -0.39 is 0 Å². The summed E-state index contributed by atoms with van der Waals surface area (Å²) < 4.78 is 5.59. The minimum absolute atomic E-state index is 0.0770. The third-order valence-corrected chi connectivity index (χ3v) is 3.86. The molecule has 2 amide bonds. The average molecular weight is 361 g/mol. The summed E-state index contributed by atoms with van der Waals surface area (Å²) in [5.74, 6) is 0.240. The number of ether oxygens (including phenoxy) is 1. The quantitative estimate of drug-likeness (QED) is 0.826. The summed E-state index contributed by atoms with van der Waals surface area (Å²) in [6.07, 6.45) is 0. The van der Waals surface area contributed by atoms with E-state index in [-0.39, 0.29) is 18.4 Å². The molecule has 2 rings (SSSR count). The second-order valence-electron chi connectivity index (χ2n) is 5.67. The van der Waals surface area contributed by atoms with E-state index in [1.54, 1.807) is 31.3 Å². The predicted octanol–water partition coefficient (Wildman–Crippen LogP) is 2.92. The third kappa shape index (κ3) is 6.12. The van der Waals surface area contributed by atoms with Crippen LogP contribution in [0.15, 0.2) is 48.5 Å². The van der Waals surface area contributed by atoms with Gasteiger partial charge in [-0.15, -0.1) is 0 Å². The number of nitrogens with one attached hydrogen (secondary N) is 1. The van der Waals surface area contributed by atoms with Gasteiger partial charge >= 0.3 is 0 Å². The topological polar surface area (TPSA) is 58.6 Å². The molecule has 1 N–H and O–H groups in total. The molecule has 0 aliphatic rings. The Kier molecular flexibility index (Phi) is 6.83. The van der Waals surface area contributed by atoms with Crippen molar-refractivity contribution in [1.29, 1.82) is 0 Å². The van der Waals surface area contributed by atoms with Crippen LogP contribution in [0, 0.1) is 6.92 Å². The van der Waals surface area contributed by atoms with Gasteiger partial charge in [0.15, 0.2) is 0 Å². The van der Waals surface area contributed by atoms with E-state index in [2.05, 4.69) is 5.32 Å². The first-order chi connectivity index (χ1) is 12.0. The van der Waals surface area contributed by atoms with Crippen molar-refractivity contribution >= 4 is 23.4 Å². The Morgan fingerprint density at radius 3 is 2.56 bits per heavy atom. The van der Waals surface area contributed by atoms with Gasteiger partial charge in [-0.3, -0.25) is 9.59 Å². The number of halogens is 1. The summed E-state index contributed by atoms with van der Waals surface area (Å²) in [5.41, 5.74) is 1.58. The predicted molar refractivity (Wildman–Crippen MR) is 98.1 cm³/mol. The Morgan fingerprint density at radius 2 is 1.88 bits per heavy atom. The maximum absolute atomic E-state index is 12.1. The number of hydrogen-bond acceptors (Lipinski definition) is 3. The van der Waals surface area contributed by atoms with Crippen LogP contribution >= 0.6 is 11.6 Å². The zero-order chi connectivity index (χ0) is 18.2. The van der Waals surface area contributed by atoms with Crippen molar-refractivity contribution in [2.45, 2.75) is 6.92 Å². The molecule has 2 aromatic rings. The van der Waals surface area contributed by atoms with Crippen molar-refractivity contribution < 1.29 is 14.3 Å². The number of aryl methyl sites for hydroxylation is 1. The number of carbonyl (C=O) groups excluding carboxylic acids is 2. The van der Waals surface area contributed by atoms with Crippen LogP contribution in [0.2, 0.25) is 5.02 Å². The number of carbonyl (C=O) groups is 2.